The van der Waals surface area contributed by atoms with Gasteiger partial charge in [0.05, 0.1) is 5.92 Å². The smallest absolute Gasteiger partial charge is 0.309 e. The lowest BCUT2D eigenvalue weighted by atomic mass is 10.2. The molecule has 3 nitrogen and oxygen atoms in total. The molecule has 0 bridgehead atoms. The molecule has 0 spiro atoms. The maximum absolute atomic E-state index is 11.4. The Labute approximate surface area is 79.4 Å². The van der Waals surface area contributed by atoms with Crippen LogP contribution in [-0.2, 0) is 14.3 Å². The van der Waals surface area contributed by atoms with Gasteiger partial charge in [0.25, 0.3) is 0 Å². The van der Waals surface area contributed by atoms with Crippen LogP contribution in [0.5, 0.6) is 0 Å². The Morgan fingerprint density at radius 3 is 2.54 bits per heavy atom. The van der Waals surface area contributed by atoms with E-state index in [0.29, 0.717) is 12.5 Å². The fourth-order valence-corrected chi connectivity index (χ4v) is 1.31. The molecule has 3 heteroatoms. The molecule has 2 atom stereocenters. The second kappa shape index (κ2) is 3.66. The van der Waals surface area contributed by atoms with Gasteiger partial charge < -0.3 is 9.47 Å². The second-order valence-electron chi connectivity index (χ2n) is 4.59. The van der Waals surface area contributed by atoms with E-state index in [0.717, 1.165) is 6.42 Å². The first-order valence-electron chi connectivity index (χ1n) is 4.66. The fourth-order valence-electron chi connectivity index (χ4n) is 1.31. The third-order valence-corrected chi connectivity index (χ3v) is 2.01. The summed E-state index contributed by atoms with van der Waals surface area (Å²) < 4.78 is 10.2. The molecule has 13 heavy (non-hydrogen) atoms. The SMILES string of the molecule is COC[C@H]1C[C@@H]1C(=O)OC(C)(C)C. The van der Waals surface area contributed by atoms with Crippen LogP contribution in [0.3, 0.4) is 0 Å². The first-order valence-corrected chi connectivity index (χ1v) is 4.66. The van der Waals surface area contributed by atoms with Gasteiger partial charge in [0.15, 0.2) is 0 Å². The number of hydrogen-bond acceptors (Lipinski definition) is 3. The molecule has 1 rings (SSSR count). The highest BCUT2D eigenvalue weighted by molar-refractivity contribution is 5.76. The van der Waals surface area contributed by atoms with E-state index in [1.807, 2.05) is 20.8 Å². The topological polar surface area (TPSA) is 35.5 Å². The van der Waals surface area contributed by atoms with E-state index in [1.165, 1.54) is 0 Å². The molecule has 0 heterocycles. The first kappa shape index (κ1) is 10.5. The van der Waals surface area contributed by atoms with Gasteiger partial charge in [-0.2, -0.15) is 0 Å². The zero-order valence-corrected chi connectivity index (χ0v) is 8.79. The molecule has 0 aromatic carbocycles. The van der Waals surface area contributed by atoms with Crippen LogP contribution in [0.25, 0.3) is 0 Å². The average molecular weight is 186 g/mol. The Morgan fingerprint density at radius 2 is 2.08 bits per heavy atom. The predicted octanol–water partition coefficient (Wildman–Crippen LogP) is 1.61. The molecule has 0 aromatic rings. The minimum absolute atomic E-state index is 0.0745. The van der Waals surface area contributed by atoms with Gasteiger partial charge in [-0.05, 0) is 33.1 Å². The summed E-state index contributed by atoms with van der Waals surface area (Å²) in [7, 11) is 1.66. The van der Waals surface area contributed by atoms with Crippen molar-refractivity contribution >= 4 is 5.97 Å². The van der Waals surface area contributed by atoms with Gasteiger partial charge in [-0.15, -0.1) is 0 Å². The van der Waals surface area contributed by atoms with E-state index < -0.39 is 0 Å². The Kier molecular flexibility index (Phi) is 2.96. The zero-order valence-electron chi connectivity index (χ0n) is 8.79. The van der Waals surface area contributed by atoms with E-state index in [4.69, 9.17) is 9.47 Å². The maximum atomic E-state index is 11.4. The van der Waals surface area contributed by atoms with Crippen LogP contribution < -0.4 is 0 Å². The van der Waals surface area contributed by atoms with Crippen LogP contribution in [0.4, 0.5) is 0 Å². The molecule has 0 amide bonds. The molecule has 0 unspecified atom stereocenters. The molecular formula is C10H18O3. The second-order valence-corrected chi connectivity index (χ2v) is 4.59. The minimum atomic E-state index is -0.364. The van der Waals surface area contributed by atoms with Gasteiger partial charge >= 0.3 is 5.97 Å². The number of esters is 1. The van der Waals surface area contributed by atoms with Crippen LogP contribution in [0.1, 0.15) is 27.2 Å². The van der Waals surface area contributed by atoms with Gasteiger partial charge in [0, 0.05) is 13.7 Å². The van der Waals surface area contributed by atoms with Gasteiger partial charge in [-0.3, -0.25) is 4.79 Å². The minimum Gasteiger partial charge on any atom is -0.460 e. The van der Waals surface area contributed by atoms with Gasteiger partial charge in [-0.1, -0.05) is 0 Å². The van der Waals surface area contributed by atoms with Gasteiger partial charge in [0.2, 0.25) is 0 Å². The van der Waals surface area contributed by atoms with Crippen molar-refractivity contribution in [2.75, 3.05) is 13.7 Å². The lowest BCUT2D eigenvalue weighted by Gasteiger charge is -2.19. The van der Waals surface area contributed by atoms with Crippen LogP contribution in [0, 0.1) is 11.8 Å². The summed E-state index contributed by atoms with van der Waals surface area (Å²) in [5.74, 6) is 0.397. The number of methoxy groups -OCH3 is 1. The van der Waals surface area contributed by atoms with E-state index in [2.05, 4.69) is 0 Å². The lowest BCUT2D eigenvalue weighted by molar-refractivity contribution is -0.157. The van der Waals surface area contributed by atoms with Crippen molar-refractivity contribution < 1.29 is 14.3 Å². The molecule has 1 aliphatic rings. The van der Waals surface area contributed by atoms with Crippen molar-refractivity contribution in [3.63, 3.8) is 0 Å². The Balaban J connectivity index is 2.28. The maximum Gasteiger partial charge on any atom is 0.309 e. The Hall–Kier alpha value is -0.570. The fraction of sp³-hybridized carbons (Fsp3) is 0.900. The number of rotatable bonds is 3. The highest BCUT2D eigenvalue weighted by Gasteiger charge is 2.45. The van der Waals surface area contributed by atoms with E-state index in [1.54, 1.807) is 7.11 Å². The number of carbonyl (C=O) groups is 1. The van der Waals surface area contributed by atoms with Crippen LogP contribution in [0.2, 0.25) is 0 Å². The average Bonchev–Trinajstić information content (AvgIpc) is 2.64. The normalized spacial score (nSPS) is 27.1. The Morgan fingerprint density at radius 1 is 1.46 bits per heavy atom. The molecule has 0 aromatic heterocycles. The summed E-state index contributed by atoms with van der Waals surface area (Å²) in [6, 6.07) is 0. The number of ether oxygens (including phenoxy) is 2. The molecule has 1 saturated carbocycles. The van der Waals surface area contributed by atoms with Crippen LogP contribution in [0.15, 0.2) is 0 Å². The molecule has 0 saturated heterocycles. The summed E-state index contributed by atoms with van der Waals surface area (Å²) in [5, 5.41) is 0. The summed E-state index contributed by atoms with van der Waals surface area (Å²) in [5.41, 5.74) is -0.364. The van der Waals surface area contributed by atoms with Gasteiger partial charge in [0.1, 0.15) is 5.60 Å². The number of hydrogen-bond donors (Lipinski definition) is 0. The van der Waals surface area contributed by atoms with Crippen LogP contribution in [-0.4, -0.2) is 25.3 Å². The Bertz CT molecular complexity index is 193. The quantitative estimate of drug-likeness (QED) is 0.628. The highest BCUT2D eigenvalue weighted by Crippen LogP contribution is 2.40. The molecule has 1 fully saturated rings. The zero-order chi connectivity index (χ0) is 10.1. The van der Waals surface area contributed by atoms with Crippen molar-refractivity contribution in [2.24, 2.45) is 11.8 Å². The third kappa shape index (κ3) is 3.35. The number of carbonyl (C=O) groups excluding carboxylic acids is 1. The highest BCUT2D eigenvalue weighted by atomic mass is 16.6. The summed E-state index contributed by atoms with van der Waals surface area (Å²) >= 11 is 0. The third-order valence-electron chi connectivity index (χ3n) is 2.01. The monoisotopic (exact) mass is 186 g/mol. The van der Waals surface area contributed by atoms with Gasteiger partial charge in [-0.25, -0.2) is 0 Å². The van der Waals surface area contributed by atoms with Crippen LogP contribution >= 0.6 is 0 Å². The molecule has 0 aliphatic heterocycles. The molecule has 76 valence electrons. The van der Waals surface area contributed by atoms with E-state index >= 15 is 0 Å². The standard InChI is InChI=1S/C10H18O3/c1-10(2,3)13-9(11)8-5-7(8)6-12-4/h7-8H,5-6H2,1-4H3/t7-,8+/m1/s1. The van der Waals surface area contributed by atoms with Crippen molar-refractivity contribution in [1.82, 2.24) is 0 Å². The molecule has 0 radical (unpaired) electrons. The van der Waals surface area contributed by atoms with Crippen molar-refractivity contribution in [3.8, 4) is 0 Å². The molecule has 1 aliphatic carbocycles. The summed E-state index contributed by atoms with van der Waals surface area (Å²) in [4.78, 5) is 11.4. The lowest BCUT2D eigenvalue weighted by Crippen LogP contribution is -2.25. The van der Waals surface area contributed by atoms with E-state index in [9.17, 15) is 4.79 Å². The first-order chi connectivity index (χ1) is 5.94. The van der Waals surface area contributed by atoms with Crippen molar-refractivity contribution in [3.05, 3.63) is 0 Å². The summed E-state index contributed by atoms with van der Waals surface area (Å²) in [6.45, 7) is 6.33. The summed E-state index contributed by atoms with van der Waals surface area (Å²) in [6.07, 6.45) is 0.919. The predicted molar refractivity (Wildman–Crippen MR) is 49.3 cm³/mol. The largest absolute Gasteiger partial charge is 0.460 e. The van der Waals surface area contributed by atoms with Crippen molar-refractivity contribution in [1.29, 1.82) is 0 Å². The molecule has 0 N–H and O–H groups in total. The van der Waals surface area contributed by atoms with E-state index in [-0.39, 0.29) is 17.5 Å². The van der Waals surface area contributed by atoms with Crippen molar-refractivity contribution in [2.45, 2.75) is 32.8 Å². The molecular weight excluding hydrogens is 168 g/mol.